The molecule has 0 fully saturated rings. The first kappa shape index (κ1) is 54.0. The van der Waals surface area contributed by atoms with Crippen LogP contribution in [0, 0.1) is 0 Å². The van der Waals surface area contributed by atoms with E-state index >= 15 is 0 Å². The zero-order valence-corrected chi connectivity index (χ0v) is 46.5. The van der Waals surface area contributed by atoms with Crippen molar-refractivity contribution in [2.75, 3.05) is 6.54 Å². The highest BCUT2D eigenvalue weighted by Crippen LogP contribution is 2.38. The number of pyridine rings is 3. The molecule has 0 aliphatic carbocycles. The summed E-state index contributed by atoms with van der Waals surface area (Å²) in [5, 5.41) is 0. The second kappa shape index (κ2) is 27.8. The summed E-state index contributed by atoms with van der Waals surface area (Å²) in [4.78, 5) is 23.8. The van der Waals surface area contributed by atoms with E-state index in [9.17, 15) is 0 Å². The molecule has 0 amide bonds. The van der Waals surface area contributed by atoms with Crippen molar-refractivity contribution in [2.24, 2.45) is 15.0 Å². The number of rotatable bonds is 27. The Kier molecular flexibility index (Phi) is 19.8. The number of aromatic nitrogens is 4. The third-order valence-electron chi connectivity index (χ3n) is 15.5. The van der Waals surface area contributed by atoms with E-state index in [4.69, 9.17) is 15.0 Å². The lowest BCUT2D eigenvalue weighted by Gasteiger charge is -2.26. The van der Waals surface area contributed by atoms with Crippen molar-refractivity contribution in [3.05, 3.63) is 203 Å². The topological polar surface area (TPSA) is 67.8 Å². The largest absolute Gasteiger partial charge is 0.354 e. The van der Waals surface area contributed by atoms with Gasteiger partial charge in [-0.1, -0.05) is 117 Å². The Hall–Kier alpha value is -6.80. The van der Waals surface area contributed by atoms with Gasteiger partial charge in [0.15, 0.2) is 18.6 Å². The van der Waals surface area contributed by atoms with Crippen LogP contribution in [0.25, 0.3) is 16.7 Å². The first-order chi connectivity index (χ1) is 37.6. The van der Waals surface area contributed by atoms with E-state index in [1.54, 1.807) is 0 Å². The zero-order chi connectivity index (χ0) is 52.3. The van der Waals surface area contributed by atoms with Gasteiger partial charge >= 0.3 is 0 Å². The quantitative estimate of drug-likeness (QED) is 0.0469. The van der Waals surface area contributed by atoms with Crippen molar-refractivity contribution in [2.45, 2.75) is 176 Å². The van der Waals surface area contributed by atoms with Gasteiger partial charge in [-0.25, -0.2) is 15.0 Å². The summed E-state index contributed by atoms with van der Waals surface area (Å²) >= 11 is 0. The van der Waals surface area contributed by atoms with Crippen LogP contribution in [-0.2, 0) is 19.6 Å². The molecule has 0 atom stereocenters. The maximum absolute atomic E-state index is 5.76. The smallest absolute Gasteiger partial charge is 0.216 e. The lowest BCUT2D eigenvalue weighted by molar-refractivity contribution is -0.699. The van der Waals surface area contributed by atoms with E-state index in [1.165, 1.54) is 103 Å². The van der Waals surface area contributed by atoms with E-state index in [1.807, 2.05) is 0 Å². The van der Waals surface area contributed by atoms with Crippen molar-refractivity contribution in [3.63, 3.8) is 0 Å². The molecule has 9 heterocycles. The number of hydrogen-bond acceptors (Lipinski definition) is 4. The van der Waals surface area contributed by atoms with Crippen LogP contribution in [0.5, 0.6) is 0 Å². The molecule has 0 unspecified atom stereocenters. The van der Waals surface area contributed by atoms with Crippen LogP contribution in [-0.4, -0.2) is 33.6 Å². The average Bonchev–Trinajstić information content (AvgIpc) is 4.32. The Morgan fingerprint density at radius 3 is 1.22 bits per heavy atom. The van der Waals surface area contributed by atoms with E-state index in [0.717, 1.165) is 143 Å². The minimum atomic E-state index is 0.908. The van der Waals surface area contributed by atoms with Crippen LogP contribution in [0.3, 0.4) is 0 Å². The average molecular weight is 1010 g/mol. The van der Waals surface area contributed by atoms with Crippen molar-refractivity contribution in [1.29, 1.82) is 0 Å². The fraction of sp³-hybridized carbons (Fsp3) is 0.412. The molecule has 4 aromatic heterocycles. The number of H-pyrrole nitrogens is 1. The Labute approximate surface area is 455 Å². The van der Waals surface area contributed by atoms with Gasteiger partial charge in [0.2, 0.25) is 17.1 Å². The molecule has 0 radical (unpaired) electrons. The molecule has 0 saturated heterocycles. The van der Waals surface area contributed by atoms with Crippen molar-refractivity contribution in [3.8, 4) is 0 Å². The number of hydrogen-bond donors (Lipinski definition) is 1. The molecule has 4 aromatic rings. The fourth-order valence-corrected chi connectivity index (χ4v) is 11.3. The predicted octanol–water partition coefficient (Wildman–Crippen LogP) is 15.4. The fourth-order valence-electron chi connectivity index (χ4n) is 11.3. The molecule has 9 rings (SSSR count). The molecule has 76 heavy (non-hydrogen) atoms. The Morgan fingerprint density at radius 2 is 0.776 bits per heavy atom. The standard InChI is InChI=1S/C68H85N8/c1-5-9-13-17-25-45-73-49-29-21-33-61(73)65-53-37-39-55(69-53)66(62-34-22-30-50-74(62)46-26-18-14-10-6-2)57-41-43-59(71-57)68(64-36-24-32-52-76(64)48-28-20-16-12-8-4)60-44-42-58(72-60)67(56-40-38-54(65)70-56)63-35-23-31-51-75(63)47-27-19-15-11-7-3/h21-24,29-44,49-52,69H,5-20,25-28,45-48H2,1-4H3/q+3. The van der Waals surface area contributed by atoms with E-state index in [2.05, 4.69) is 197 Å². The normalized spacial score (nSPS) is 16.8. The minimum absolute atomic E-state index is 0.908. The summed E-state index contributed by atoms with van der Waals surface area (Å²) in [6.07, 6.45) is 53.4. The maximum atomic E-state index is 5.76. The van der Waals surface area contributed by atoms with Crippen LogP contribution in [0.2, 0.25) is 0 Å². The van der Waals surface area contributed by atoms with Gasteiger partial charge in [0.1, 0.15) is 19.6 Å². The molecule has 1 N–H and O–H groups in total. The van der Waals surface area contributed by atoms with Crippen LogP contribution in [0.4, 0.5) is 0 Å². The lowest BCUT2D eigenvalue weighted by atomic mass is 10.00. The van der Waals surface area contributed by atoms with Crippen LogP contribution >= 0.6 is 0 Å². The maximum Gasteiger partial charge on any atom is 0.216 e. The number of aromatic amines is 1. The summed E-state index contributed by atoms with van der Waals surface area (Å²) in [5.74, 6) is 0. The predicted molar refractivity (Wildman–Crippen MR) is 316 cm³/mol. The third-order valence-corrected chi connectivity index (χ3v) is 15.5. The molecule has 5 aliphatic rings. The number of nitrogens with zero attached hydrogens (tertiary/aromatic N) is 7. The van der Waals surface area contributed by atoms with Gasteiger partial charge in [-0.15, -0.1) is 0 Å². The Morgan fingerprint density at radius 1 is 0.382 bits per heavy atom. The van der Waals surface area contributed by atoms with Crippen molar-refractivity contribution < 1.29 is 13.7 Å². The molecule has 0 spiro atoms. The van der Waals surface area contributed by atoms with Crippen LogP contribution < -0.4 is 13.7 Å². The number of fused-ring (bicyclic) bond motifs is 5. The van der Waals surface area contributed by atoms with Crippen molar-refractivity contribution >= 4 is 33.9 Å². The molecular formula is C68H85N8+3. The van der Waals surface area contributed by atoms with E-state index < -0.39 is 0 Å². The number of aliphatic imine (C=N–C) groups is 3. The summed E-state index contributed by atoms with van der Waals surface area (Å²) in [6, 6.07) is 24.4. The number of allylic oxidation sites excluding steroid dienone is 11. The van der Waals surface area contributed by atoms with Crippen LogP contribution in [0.15, 0.2) is 190 Å². The van der Waals surface area contributed by atoms with E-state index in [0.29, 0.717) is 0 Å². The van der Waals surface area contributed by atoms with Gasteiger partial charge in [-0.2, -0.15) is 13.7 Å². The molecule has 8 nitrogen and oxygen atoms in total. The summed E-state index contributed by atoms with van der Waals surface area (Å²) in [6.45, 7) is 12.9. The highest BCUT2D eigenvalue weighted by Gasteiger charge is 2.33. The molecule has 8 heteroatoms. The second-order valence-electron chi connectivity index (χ2n) is 21.2. The molecule has 394 valence electrons. The molecular weight excluding hydrogens is 929 g/mol. The molecule has 0 aromatic carbocycles. The SMILES string of the molecule is CCCCCCCN1C=CC=C/C1=C1\C2=NC(=C(c3cccc[n+]3CCCCCCC)C3=NC(=C(c4cccc[n+]4CCCCCCC)c4ccc([nH]4)C(c4cccc[n+]4CCCCCCC)=C4C=CC1=N4)C=C3)C=C2. The van der Waals surface area contributed by atoms with Crippen molar-refractivity contribution in [1.82, 2.24) is 9.88 Å². The van der Waals surface area contributed by atoms with Gasteiger partial charge in [0.05, 0.1) is 68.0 Å². The van der Waals surface area contributed by atoms with Crippen LogP contribution in [0.1, 0.15) is 185 Å². The van der Waals surface area contributed by atoms with Gasteiger partial charge in [-0.05, 0) is 105 Å². The number of unbranched alkanes of at least 4 members (excludes halogenated alkanes) is 16. The summed E-state index contributed by atoms with van der Waals surface area (Å²) in [5.41, 5.74) is 16.3. The van der Waals surface area contributed by atoms with Gasteiger partial charge in [0.25, 0.3) is 0 Å². The Balaban J connectivity index is 1.28. The highest BCUT2D eigenvalue weighted by molar-refractivity contribution is 6.36. The molecule has 5 aliphatic heterocycles. The number of nitrogens with one attached hydrogen (secondary N) is 1. The summed E-state index contributed by atoms with van der Waals surface area (Å²) in [7, 11) is 0. The summed E-state index contributed by atoms with van der Waals surface area (Å²) < 4.78 is 7.34. The minimum Gasteiger partial charge on any atom is -0.354 e. The highest BCUT2D eigenvalue weighted by atomic mass is 15.1. The first-order valence-electron chi connectivity index (χ1n) is 29.7. The van der Waals surface area contributed by atoms with Gasteiger partial charge in [0, 0.05) is 74.0 Å². The Bertz CT molecular complexity index is 3040. The first-order valence-corrected chi connectivity index (χ1v) is 29.7. The zero-order valence-electron chi connectivity index (χ0n) is 46.5. The number of aryl methyl sites for hydroxylation is 3. The van der Waals surface area contributed by atoms with Gasteiger partial charge in [-0.3, -0.25) is 0 Å². The molecule has 8 bridgehead atoms. The third kappa shape index (κ3) is 13.2. The lowest BCUT2D eigenvalue weighted by Crippen LogP contribution is -2.38. The van der Waals surface area contributed by atoms with Gasteiger partial charge < -0.3 is 9.88 Å². The van der Waals surface area contributed by atoms with E-state index in [-0.39, 0.29) is 0 Å². The molecule has 0 saturated carbocycles. The second-order valence-corrected chi connectivity index (χ2v) is 21.2. The monoisotopic (exact) mass is 1010 g/mol.